The van der Waals surface area contributed by atoms with Gasteiger partial charge in [0.2, 0.25) is 5.88 Å². The van der Waals surface area contributed by atoms with Crippen LogP contribution in [0, 0.1) is 25.7 Å². The molecule has 0 amide bonds. The van der Waals surface area contributed by atoms with Crippen LogP contribution in [0.3, 0.4) is 0 Å². The SMILES string of the molecule is Cc1nc(Cl)c(C)c(OC2CCC(C)C(C)C2)n1. The van der Waals surface area contributed by atoms with Crippen molar-refractivity contribution in [2.75, 3.05) is 0 Å². The molecular formula is C14H21ClN2O. The number of ether oxygens (including phenoxy) is 1. The molecule has 0 saturated heterocycles. The highest BCUT2D eigenvalue weighted by Gasteiger charge is 2.26. The van der Waals surface area contributed by atoms with E-state index in [0.717, 1.165) is 24.3 Å². The van der Waals surface area contributed by atoms with Crippen LogP contribution in [0.25, 0.3) is 0 Å². The topological polar surface area (TPSA) is 35.0 Å². The van der Waals surface area contributed by atoms with E-state index >= 15 is 0 Å². The second kappa shape index (κ2) is 5.43. The quantitative estimate of drug-likeness (QED) is 0.762. The third kappa shape index (κ3) is 2.94. The molecule has 0 radical (unpaired) electrons. The number of halogens is 1. The minimum absolute atomic E-state index is 0.264. The van der Waals surface area contributed by atoms with Crippen molar-refractivity contribution in [1.82, 2.24) is 9.97 Å². The standard InChI is InChI=1S/C14H21ClN2O/c1-8-5-6-12(7-9(8)2)18-14-10(3)13(15)16-11(4)17-14/h8-9,12H,5-7H2,1-4H3. The molecule has 2 rings (SSSR count). The fraction of sp³-hybridized carbons (Fsp3) is 0.714. The molecule has 0 aromatic carbocycles. The third-order valence-electron chi connectivity index (χ3n) is 3.98. The molecule has 1 aliphatic rings. The van der Waals surface area contributed by atoms with Crippen molar-refractivity contribution in [1.29, 1.82) is 0 Å². The summed E-state index contributed by atoms with van der Waals surface area (Å²) < 4.78 is 6.03. The van der Waals surface area contributed by atoms with Crippen LogP contribution in [0.5, 0.6) is 5.88 Å². The number of aromatic nitrogens is 2. The number of nitrogens with zero attached hydrogens (tertiary/aromatic N) is 2. The first-order valence-electron chi connectivity index (χ1n) is 6.64. The molecule has 1 aromatic heterocycles. The Kier molecular flexibility index (Phi) is 4.10. The Labute approximate surface area is 114 Å². The molecule has 1 heterocycles. The van der Waals surface area contributed by atoms with Gasteiger partial charge in [-0.3, -0.25) is 0 Å². The normalized spacial score (nSPS) is 28.2. The van der Waals surface area contributed by atoms with Crippen LogP contribution in [-0.2, 0) is 0 Å². The van der Waals surface area contributed by atoms with Gasteiger partial charge in [-0.25, -0.2) is 4.98 Å². The van der Waals surface area contributed by atoms with E-state index in [4.69, 9.17) is 16.3 Å². The average Bonchev–Trinajstić information content (AvgIpc) is 2.30. The summed E-state index contributed by atoms with van der Waals surface area (Å²) in [6.07, 6.45) is 3.69. The molecule has 0 spiro atoms. The van der Waals surface area contributed by atoms with Gasteiger partial charge in [-0.05, 0) is 44.9 Å². The minimum Gasteiger partial charge on any atom is -0.474 e. The van der Waals surface area contributed by atoms with E-state index in [1.165, 1.54) is 6.42 Å². The lowest BCUT2D eigenvalue weighted by atomic mass is 9.80. The molecule has 3 nitrogen and oxygen atoms in total. The molecule has 4 heteroatoms. The van der Waals surface area contributed by atoms with Gasteiger partial charge in [-0.2, -0.15) is 4.98 Å². The van der Waals surface area contributed by atoms with Crippen LogP contribution in [0.15, 0.2) is 0 Å². The van der Waals surface area contributed by atoms with Crippen molar-refractivity contribution >= 4 is 11.6 Å². The number of rotatable bonds is 2. The zero-order valence-corrected chi connectivity index (χ0v) is 12.3. The molecule has 3 unspecified atom stereocenters. The van der Waals surface area contributed by atoms with E-state index in [-0.39, 0.29) is 6.10 Å². The summed E-state index contributed by atoms with van der Waals surface area (Å²) in [4.78, 5) is 8.48. The minimum atomic E-state index is 0.264. The van der Waals surface area contributed by atoms with Crippen molar-refractivity contribution in [3.05, 3.63) is 16.5 Å². The van der Waals surface area contributed by atoms with Crippen LogP contribution in [0.2, 0.25) is 5.15 Å². The summed E-state index contributed by atoms with van der Waals surface area (Å²) in [6.45, 7) is 8.36. The van der Waals surface area contributed by atoms with Gasteiger partial charge in [0.1, 0.15) is 17.1 Å². The maximum atomic E-state index is 6.06. The fourth-order valence-corrected chi connectivity index (χ4v) is 2.65. The Morgan fingerprint density at radius 2 is 1.83 bits per heavy atom. The Morgan fingerprint density at radius 3 is 2.50 bits per heavy atom. The van der Waals surface area contributed by atoms with Crippen LogP contribution in [-0.4, -0.2) is 16.1 Å². The molecule has 100 valence electrons. The van der Waals surface area contributed by atoms with E-state index in [1.54, 1.807) is 0 Å². The predicted molar refractivity (Wildman–Crippen MR) is 73.1 cm³/mol. The average molecular weight is 269 g/mol. The molecule has 1 aromatic rings. The smallest absolute Gasteiger partial charge is 0.221 e. The van der Waals surface area contributed by atoms with E-state index in [0.29, 0.717) is 22.8 Å². The highest BCUT2D eigenvalue weighted by Crippen LogP contribution is 2.32. The summed E-state index contributed by atoms with van der Waals surface area (Å²) >= 11 is 6.06. The first-order valence-corrected chi connectivity index (χ1v) is 7.02. The molecule has 1 saturated carbocycles. The highest BCUT2D eigenvalue weighted by molar-refractivity contribution is 6.30. The van der Waals surface area contributed by atoms with Gasteiger partial charge in [0.05, 0.1) is 0 Å². The van der Waals surface area contributed by atoms with E-state index in [9.17, 15) is 0 Å². The molecule has 0 aliphatic heterocycles. The van der Waals surface area contributed by atoms with Gasteiger partial charge in [0.15, 0.2) is 0 Å². The summed E-state index contributed by atoms with van der Waals surface area (Å²) in [6, 6.07) is 0. The number of hydrogen-bond donors (Lipinski definition) is 0. The van der Waals surface area contributed by atoms with Crippen LogP contribution >= 0.6 is 11.6 Å². The first-order chi connectivity index (χ1) is 8.47. The molecule has 3 atom stereocenters. The molecule has 1 aliphatic carbocycles. The van der Waals surface area contributed by atoms with Crippen molar-refractivity contribution in [3.8, 4) is 5.88 Å². The zero-order valence-electron chi connectivity index (χ0n) is 11.5. The lowest BCUT2D eigenvalue weighted by Crippen LogP contribution is -2.29. The third-order valence-corrected chi connectivity index (χ3v) is 4.35. The summed E-state index contributed by atoms with van der Waals surface area (Å²) in [5, 5.41) is 0.495. The van der Waals surface area contributed by atoms with Crippen molar-refractivity contribution in [2.24, 2.45) is 11.8 Å². The predicted octanol–water partition coefficient (Wildman–Crippen LogP) is 3.95. The zero-order chi connectivity index (χ0) is 13.3. The highest BCUT2D eigenvalue weighted by atomic mass is 35.5. The van der Waals surface area contributed by atoms with Gasteiger partial charge in [0, 0.05) is 5.56 Å². The van der Waals surface area contributed by atoms with Crippen LogP contribution in [0.1, 0.15) is 44.5 Å². The van der Waals surface area contributed by atoms with Gasteiger partial charge in [-0.1, -0.05) is 25.4 Å². The van der Waals surface area contributed by atoms with E-state index in [2.05, 4.69) is 23.8 Å². The lowest BCUT2D eigenvalue weighted by molar-refractivity contribution is 0.0954. The molecule has 0 N–H and O–H groups in total. The monoisotopic (exact) mass is 268 g/mol. The van der Waals surface area contributed by atoms with Crippen molar-refractivity contribution in [3.63, 3.8) is 0 Å². The molecule has 18 heavy (non-hydrogen) atoms. The fourth-order valence-electron chi connectivity index (χ4n) is 2.45. The second-order valence-electron chi connectivity index (χ2n) is 5.50. The molecular weight excluding hydrogens is 248 g/mol. The maximum absolute atomic E-state index is 6.06. The van der Waals surface area contributed by atoms with Crippen LogP contribution in [0.4, 0.5) is 0 Å². The maximum Gasteiger partial charge on any atom is 0.221 e. The Balaban J connectivity index is 2.10. The number of hydrogen-bond acceptors (Lipinski definition) is 3. The van der Waals surface area contributed by atoms with Gasteiger partial charge in [0.25, 0.3) is 0 Å². The van der Waals surface area contributed by atoms with E-state index < -0.39 is 0 Å². The molecule has 0 bridgehead atoms. The Morgan fingerprint density at radius 1 is 1.11 bits per heavy atom. The van der Waals surface area contributed by atoms with Crippen molar-refractivity contribution in [2.45, 2.75) is 53.1 Å². The second-order valence-corrected chi connectivity index (χ2v) is 5.86. The largest absolute Gasteiger partial charge is 0.474 e. The summed E-state index contributed by atoms with van der Waals surface area (Å²) in [5.41, 5.74) is 0.841. The van der Waals surface area contributed by atoms with Gasteiger partial charge >= 0.3 is 0 Å². The van der Waals surface area contributed by atoms with Gasteiger partial charge < -0.3 is 4.74 Å². The Bertz CT molecular complexity index is 436. The molecule has 1 fully saturated rings. The van der Waals surface area contributed by atoms with E-state index in [1.807, 2.05) is 13.8 Å². The van der Waals surface area contributed by atoms with Crippen LogP contribution < -0.4 is 4.74 Å². The summed E-state index contributed by atoms with van der Waals surface area (Å²) in [7, 11) is 0. The summed E-state index contributed by atoms with van der Waals surface area (Å²) in [5.74, 6) is 2.82. The lowest BCUT2D eigenvalue weighted by Gasteiger charge is -2.32. The Hall–Kier alpha value is -0.830. The van der Waals surface area contributed by atoms with Gasteiger partial charge in [-0.15, -0.1) is 0 Å². The van der Waals surface area contributed by atoms with Crippen molar-refractivity contribution < 1.29 is 4.74 Å². The first kappa shape index (κ1) is 13.6. The number of aryl methyl sites for hydroxylation is 1.